The lowest BCUT2D eigenvalue weighted by Gasteiger charge is -2.28. The van der Waals surface area contributed by atoms with Gasteiger partial charge in [-0.2, -0.15) is 0 Å². The van der Waals surface area contributed by atoms with Crippen LogP contribution in [0.3, 0.4) is 0 Å². The van der Waals surface area contributed by atoms with Crippen LogP contribution in [-0.4, -0.2) is 0 Å². The molecule has 3 aliphatic rings. The zero-order chi connectivity index (χ0) is 13.8. The predicted molar refractivity (Wildman–Crippen MR) is 83.0 cm³/mol. The van der Waals surface area contributed by atoms with Crippen LogP contribution in [0, 0.1) is 23.2 Å². The van der Waals surface area contributed by atoms with Gasteiger partial charge in [0.1, 0.15) is 0 Å². The van der Waals surface area contributed by atoms with Crippen LogP contribution in [-0.2, 0) is 0 Å². The molecule has 2 unspecified atom stereocenters. The average molecular weight is 258 g/mol. The quantitative estimate of drug-likeness (QED) is 0.514. The standard InChI is InChI=1S/C19H30/c1-12(2)15-8-9-19(5)11-17-13(3)6-7-16(17)14(4)10-18(15)19/h12,14,16H,6-11H2,1-5H3/t14?,16-,19?/m0/s1. The van der Waals surface area contributed by atoms with Crippen molar-refractivity contribution in [2.24, 2.45) is 23.2 Å². The van der Waals surface area contributed by atoms with Gasteiger partial charge in [0, 0.05) is 0 Å². The van der Waals surface area contributed by atoms with Crippen molar-refractivity contribution in [2.75, 3.05) is 0 Å². The van der Waals surface area contributed by atoms with Gasteiger partial charge in [0.25, 0.3) is 0 Å². The molecular weight excluding hydrogens is 228 g/mol. The van der Waals surface area contributed by atoms with E-state index in [0.29, 0.717) is 5.41 Å². The highest BCUT2D eigenvalue weighted by Crippen LogP contribution is 2.57. The SMILES string of the molecule is CC1=C2CC3(C)CCC(C(C)C)=C3CC(C)[C@@H]2CC1. The maximum Gasteiger partial charge on any atom is -0.00731 e. The van der Waals surface area contributed by atoms with E-state index in [-0.39, 0.29) is 0 Å². The first-order chi connectivity index (χ1) is 8.92. The first kappa shape index (κ1) is 13.5. The van der Waals surface area contributed by atoms with Gasteiger partial charge in [-0.1, -0.05) is 50.0 Å². The van der Waals surface area contributed by atoms with Crippen molar-refractivity contribution in [3.63, 3.8) is 0 Å². The molecule has 3 atom stereocenters. The second-order valence-corrected chi connectivity index (χ2v) is 8.03. The van der Waals surface area contributed by atoms with Gasteiger partial charge in [-0.15, -0.1) is 0 Å². The lowest BCUT2D eigenvalue weighted by atomic mass is 9.77. The summed E-state index contributed by atoms with van der Waals surface area (Å²) < 4.78 is 0. The molecule has 0 aliphatic heterocycles. The van der Waals surface area contributed by atoms with Gasteiger partial charge in [0.05, 0.1) is 0 Å². The summed E-state index contributed by atoms with van der Waals surface area (Å²) in [5, 5.41) is 0. The molecule has 3 aliphatic carbocycles. The maximum atomic E-state index is 2.56. The van der Waals surface area contributed by atoms with Gasteiger partial charge >= 0.3 is 0 Å². The Morgan fingerprint density at radius 3 is 2.63 bits per heavy atom. The van der Waals surface area contributed by atoms with E-state index in [1.807, 2.05) is 16.7 Å². The summed E-state index contributed by atoms with van der Waals surface area (Å²) in [4.78, 5) is 0. The Morgan fingerprint density at radius 2 is 1.95 bits per heavy atom. The van der Waals surface area contributed by atoms with E-state index in [0.717, 1.165) is 17.8 Å². The van der Waals surface area contributed by atoms with Crippen LogP contribution >= 0.6 is 0 Å². The van der Waals surface area contributed by atoms with E-state index in [4.69, 9.17) is 0 Å². The van der Waals surface area contributed by atoms with Crippen molar-refractivity contribution in [2.45, 2.75) is 73.1 Å². The summed E-state index contributed by atoms with van der Waals surface area (Å²) in [5.41, 5.74) is 7.77. The summed E-state index contributed by atoms with van der Waals surface area (Å²) in [6.45, 7) is 12.3. The first-order valence-electron chi connectivity index (χ1n) is 8.33. The maximum absolute atomic E-state index is 2.56. The van der Waals surface area contributed by atoms with Crippen LogP contribution in [0.15, 0.2) is 22.3 Å². The molecule has 0 heteroatoms. The smallest absolute Gasteiger partial charge is 0.00731 e. The summed E-state index contributed by atoms with van der Waals surface area (Å²) in [7, 11) is 0. The molecule has 0 bridgehead atoms. The molecule has 0 heterocycles. The van der Waals surface area contributed by atoms with E-state index < -0.39 is 0 Å². The molecule has 0 aromatic rings. The fourth-order valence-corrected chi connectivity index (χ4v) is 5.13. The number of hydrogen-bond acceptors (Lipinski definition) is 0. The number of rotatable bonds is 1. The molecule has 19 heavy (non-hydrogen) atoms. The molecule has 0 aromatic carbocycles. The van der Waals surface area contributed by atoms with Gasteiger partial charge in [0.2, 0.25) is 0 Å². The normalized spacial score (nSPS) is 38.8. The molecule has 0 nitrogen and oxygen atoms in total. The minimum atomic E-state index is 0.504. The molecule has 0 N–H and O–H groups in total. The predicted octanol–water partition coefficient (Wildman–Crippen LogP) is 5.90. The second-order valence-electron chi connectivity index (χ2n) is 8.03. The van der Waals surface area contributed by atoms with E-state index in [1.54, 1.807) is 5.57 Å². The fourth-order valence-electron chi connectivity index (χ4n) is 5.13. The third-order valence-corrected chi connectivity index (χ3v) is 6.38. The van der Waals surface area contributed by atoms with E-state index >= 15 is 0 Å². The molecule has 0 spiro atoms. The minimum absolute atomic E-state index is 0.504. The van der Waals surface area contributed by atoms with Crippen molar-refractivity contribution < 1.29 is 0 Å². The second kappa shape index (κ2) is 4.50. The molecule has 3 rings (SSSR count). The van der Waals surface area contributed by atoms with Crippen molar-refractivity contribution >= 4 is 0 Å². The van der Waals surface area contributed by atoms with Gasteiger partial charge < -0.3 is 0 Å². The zero-order valence-corrected chi connectivity index (χ0v) is 13.5. The molecule has 106 valence electrons. The van der Waals surface area contributed by atoms with E-state index in [9.17, 15) is 0 Å². The Bertz CT molecular complexity index is 449. The van der Waals surface area contributed by atoms with Crippen LogP contribution in [0.4, 0.5) is 0 Å². The molecule has 1 saturated carbocycles. The Balaban J connectivity index is 2.05. The van der Waals surface area contributed by atoms with Crippen molar-refractivity contribution in [3.05, 3.63) is 22.3 Å². The molecule has 0 radical (unpaired) electrons. The van der Waals surface area contributed by atoms with Crippen LogP contribution in [0.1, 0.15) is 73.1 Å². The molecular formula is C19H30. The average Bonchev–Trinajstić information content (AvgIpc) is 2.80. The number of fused-ring (bicyclic) bond motifs is 2. The highest BCUT2D eigenvalue weighted by molar-refractivity contribution is 5.36. The summed E-state index contributed by atoms with van der Waals surface area (Å²) in [5.74, 6) is 2.54. The summed E-state index contributed by atoms with van der Waals surface area (Å²) >= 11 is 0. The molecule has 1 fully saturated rings. The molecule has 0 saturated heterocycles. The topological polar surface area (TPSA) is 0 Å². The van der Waals surface area contributed by atoms with E-state index in [2.05, 4.69) is 34.6 Å². The molecule has 0 aromatic heterocycles. The highest BCUT2D eigenvalue weighted by Gasteiger charge is 2.44. The summed E-state index contributed by atoms with van der Waals surface area (Å²) in [6.07, 6.45) is 8.34. The number of hydrogen-bond donors (Lipinski definition) is 0. The van der Waals surface area contributed by atoms with Crippen LogP contribution in [0.25, 0.3) is 0 Å². The largest absolute Gasteiger partial charge is 0.0738 e. The summed E-state index contributed by atoms with van der Waals surface area (Å²) in [6, 6.07) is 0. The monoisotopic (exact) mass is 258 g/mol. The Morgan fingerprint density at radius 1 is 1.21 bits per heavy atom. The third kappa shape index (κ3) is 2.03. The third-order valence-electron chi connectivity index (χ3n) is 6.38. The lowest BCUT2D eigenvalue weighted by Crippen LogP contribution is -2.15. The Labute approximate surface area is 119 Å². The van der Waals surface area contributed by atoms with Crippen molar-refractivity contribution in [1.29, 1.82) is 0 Å². The Hall–Kier alpha value is -0.520. The Kier molecular flexibility index (Phi) is 3.19. The van der Waals surface area contributed by atoms with Crippen molar-refractivity contribution in [1.82, 2.24) is 0 Å². The van der Waals surface area contributed by atoms with Crippen LogP contribution < -0.4 is 0 Å². The zero-order valence-electron chi connectivity index (χ0n) is 13.5. The van der Waals surface area contributed by atoms with Crippen LogP contribution in [0.5, 0.6) is 0 Å². The van der Waals surface area contributed by atoms with Gasteiger partial charge in [0.15, 0.2) is 0 Å². The van der Waals surface area contributed by atoms with Gasteiger partial charge in [-0.3, -0.25) is 0 Å². The first-order valence-corrected chi connectivity index (χ1v) is 8.33. The van der Waals surface area contributed by atoms with Gasteiger partial charge in [-0.25, -0.2) is 0 Å². The fraction of sp³-hybridized carbons (Fsp3) is 0.789. The van der Waals surface area contributed by atoms with Gasteiger partial charge in [-0.05, 0) is 68.6 Å². The van der Waals surface area contributed by atoms with E-state index in [1.165, 1.54) is 38.5 Å². The minimum Gasteiger partial charge on any atom is -0.0738 e. The highest BCUT2D eigenvalue weighted by atomic mass is 14.5. The molecule has 0 amide bonds. The number of allylic oxidation sites excluding steroid dienone is 4. The lowest BCUT2D eigenvalue weighted by molar-refractivity contribution is 0.385. The van der Waals surface area contributed by atoms with Crippen LogP contribution in [0.2, 0.25) is 0 Å². The van der Waals surface area contributed by atoms with Crippen molar-refractivity contribution in [3.8, 4) is 0 Å².